The number of hydrogen-bond donors (Lipinski definition) is 12. The molecular formula is C67H123NO18. The lowest BCUT2D eigenvalue weighted by molar-refractivity contribution is -0.379. The van der Waals surface area contributed by atoms with E-state index in [0.717, 1.165) is 57.8 Å². The van der Waals surface area contributed by atoms with Crippen molar-refractivity contribution in [2.75, 3.05) is 26.4 Å². The summed E-state index contributed by atoms with van der Waals surface area (Å²) in [5, 5.41) is 120. The van der Waals surface area contributed by atoms with E-state index in [0.29, 0.717) is 12.8 Å². The van der Waals surface area contributed by atoms with Crippen LogP contribution in [0.4, 0.5) is 0 Å². The Bertz CT molecular complexity index is 1710. The average molecular weight is 1230 g/mol. The van der Waals surface area contributed by atoms with Gasteiger partial charge in [0, 0.05) is 6.42 Å². The second-order valence-electron chi connectivity index (χ2n) is 24.6. The number of amides is 1. The molecule has 17 unspecified atom stereocenters. The van der Waals surface area contributed by atoms with E-state index in [1.807, 2.05) is 0 Å². The number of nitrogens with one attached hydrogen (secondary N) is 1. The fourth-order valence-electron chi connectivity index (χ4n) is 11.6. The molecule has 3 aliphatic heterocycles. The maximum Gasteiger partial charge on any atom is 0.220 e. The number of aliphatic hydroxyl groups excluding tert-OH is 11. The molecule has 17 atom stereocenters. The molecular weight excluding hydrogens is 1110 g/mol. The lowest BCUT2D eigenvalue weighted by Gasteiger charge is -2.48. The van der Waals surface area contributed by atoms with Crippen molar-refractivity contribution in [1.82, 2.24) is 5.32 Å². The first-order valence-electron chi connectivity index (χ1n) is 34.2. The Labute approximate surface area is 517 Å². The van der Waals surface area contributed by atoms with Crippen LogP contribution in [0.1, 0.15) is 251 Å². The summed E-state index contributed by atoms with van der Waals surface area (Å²) >= 11 is 0. The van der Waals surface area contributed by atoms with Crippen LogP contribution in [0.15, 0.2) is 36.5 Å². The molecule has 0 aromatic heterocycles. The molecule has 1 amide bonds. The molecule has 3 heterocycles. The minimum Gasteiger partial charge on any atom is -0.394 e. The molecule has 0 aliphatic carbocycles. The van der Waals surface area contributed by atoms with Crippen LogP contribution in [-0.2, 0) is 33.2 Å². The number of allylic oxidation sites excluding steroid dienone is 6. The first kappa shape index (κ1) is 78.3. The molecule has 3 saturated heterocycles. The van der Waals surface area contributed by atoms with E-state index < -0.39 is 124 Å². The zero-order chi connectivity index (χ0) is 62.6. The third-order valence-corrected chi connectivity index (χ3v) is 17.2. The standard InChI is InChI=1S/C67H123NO18/c1-3-5-7-9-11-13-14-15-16-17-18-19-20-21-22-23-24-25-26-27-28-29-30-31-32-33-34-35-36-37-39-41-43-45-55(73)68-50(51(72)44-42-40-38-12-10-8-6-4-2)49-81-65-61(79)58(76)63(53(47-70)83-65)86-67-62(80)59(77)64(54(48-71)84-67)85-66-60(78)57(75)56(74)52(46-69)82-66/h14-15,17-18,20-21,50-54,56-67,69-72,74-80H,3-13,16,19,22-49H2,1-2H3,(H,68,73)/b15-14-,18-17-,21-20-. The third kappa shape index (κ3) is 31.8. The summed E-state index contributed by atoms with van der Waals surface area (Å²) in [7, 11) is 0. The molecule has 3 aliphatic rings. The molecule has 0 spiro atoms. The highest BCUT2D eigenvalue weighted by molar-refractivity contribution is 5.76. The van der Waals surface area contributed by atoms with Gasteiger partial charge in [0.25, 0.3) is 0 Å². The van der Waals surface area contributed by atoms with Crippen LogP contribution in [-0.4, -0.2) is 193 Å². The number of aliphatic hydroxyl groups is 11. The summed E-state index contributed by atoms with van der Waals surface area (Å²) in [4.78, 5) is 13.3. The van der Waals surface area contributed by atoms with Gasteiger partial charge in [0.05, 0.1) is 38.6 Å². The minimum atomic E-state index is -1.97. The van der Waals surface area contributed by atoms with E-state index >= 15 is 0 Å². The van der Waals surface area contributed by atoms with E-state index in [1.165, 1.54) is 161 Å². The van der Waals surface area contributed by atoms with E-state index in [9.17, 15) is 61.0 Å². The summed E-state index contributed by atoms with van der Waals surface area (Å²) in [6, 6.07) is -0.883. The van der Waals surface area contributed by atoms with Crippen LogP contribution in [0.25, 0.3) is 0 Å². The van der Waals surface area contributed by atoms with Crippen LogP contribution in [0.2, 0.25) is 0 Å². The molecule has 86 heavy (non-hydrogen) atoms. The SMILES string of the molecule is CCCCCCC/C=C\C/C=C\C/C=C\CCCCCCCCCCCCCCCCCCCCC(=O)NC(COC1OC(CO)C(OC2OC(CO)C(OC3OC(CO)C(O)C(O)C3O)C(O)C2O)C(O)C1O)C(O)CCCCCCCCCC. The lowest BCUT2D eigenvalue weighted by Crippen LogP contribution is -2.66. The lowest BCUT2D eigenvalue weighted by atomic mass is 9.96. The Hall–Kier alpha value is -1.99. The van der Waals surface area contributed by atoms with Gasteiger partial charge in [0.15, 0.2) is 18.9 Å². The van der Waals surface area contributed by atoms with Crippen molar-refractivity contribution in [1.29, 1.82) is 0 Å². The van der Waals surface area contributed by atoms with Crippen molar-refractivity contribution >= 4 is 5.91 Å². The van der Waals surface area contributed by atoms with Gasteiger partial charge in [-0.3, -0.25) is 4.79 Å². The van der Waals surface area contributed by atoms with Gasteiger partial charge < -0.3 is 89.9 Å². The number of rotatable bonds is 52. The van der Waals surface area contributed by atoms with Gasteiger partial charge in [0.1, 0.15) is 73.2 Å². The Morgan fingerprint density at radius 1 is 0.419 bits per heavy atom. The average Bonchev–Trinajstić information content (AvgIpc) is 3.55. The highest BCUT2D eigenvalue weighted by Gasteiger charge is 2.53. The molecule has 504 valence electrons. The zero-order valence-corrected chi connectivity index (χ0v) is 53.0. The topological polar surface area (TPSA) is 307 Å². The van der Waals surface area contributed by atoms with E-state index in [2.05, 4.69) is 55.6 Å². The van der Waals surface area contributed by atoms with Crippen molar-refractivity contribution in [3.8, 4) is 0 Å². The predicted molar refractivity (Wildman–Crippen MR) is 333 cm³/mol. The smallest absolute Gasteiger partial charge is 0.220 e. The summed E-state index contributed by atoms with van der Waals surface area (Å²) in [6.07, 6.45) is 30.0. The number of ether oxygens (including phenoxy) is 6. The molecule has 12 N–H and O–H groups in total. The van der Waals surface area contributed by atoms with Crippen molar-refractivity contribution in [2.24, 2.45) is 0 Å². The van der Waals surface area contributed by atoms with Gasteiger partial charge in [-0.25, -0.2) is 0 Å². The Kier molecular flexibility index (Phi) is 45.2. The molecule has 0 bridgehead atoms. The molecule has 0 radical (unpaired) electrons. The fraction of sp³-hybridized carbons (Fsp3) is 0.896. The van der Waals surface area contributed by atoms with Gasteiger partial charge in [-0.15, -0.1) is 0 Å². The molecule has 3 fully saturated rings. The summed E-state index contributed by atoms with van der Waals surface area (Å²) in [5.41, 5.74) is 0. The van der Waals surface area contributed by atoms with Gasteiger partial charge >= 0.3 is 0 Å². The Balaban J connectivity index is 1.31. The molecule has 19 nitrogen and oxygen atoms in total. The van der Waals surface area contributed by atoms with Crippen LogP contribution < -0.4 is 5.32 Å². The second kappa shape index (κ2) is 49.7. The Morgan fingerprint density at radius 2 is 0.767 bits per heavy atom. The largest absolute Gasteiger partial charge is 0.394 e. The fourth-order valence-corrected chi connectivity index (χ4v) is 11.6. The number of carbonyl (C=O) groups is 1. The summed E-state index contributed by atoms with van der Waals surface area (Å²) < 4.78 is 34.3. The molecule has 0 saturated carbocycles. The third-order valence-electron chi connectivity index (χ3n) is 17.2. The summed E-state index contributed by atoms with van der Waals surface area (Å²) in [5.74, 6) is -0.244. The van der Waals surface area contributed by atoms with Crippen LogP contribution in [0.3, 0.4) is 0 Å². The first-order chi connectivity index (χ1) is 41.8. The van der Waals surface area contributed by atoms with Crippen molar-refractivity contribution < 1.29 is 89.4 Å². The monoisotopic (exact) mass is 1230 g/mol. The van der Waals surface area contributed by atoms with Gasteiger partial charge in [-0.1, -0.05) is 230 Å². The van der Waals surface area contributed by atoms with E-state index in [-0.39, 0.29) is 18.9 Å². The van der Waals surface area contributed by atoms with Crippen molar-refractivity contribution in [3.63, 3.8) is 0 Å². The van der Waals surface area contributed by atoms with Crippen LogP contribution in [0, 0.1) is 0 Å². The van der Waals surface area contributed by atoms with E-state index in [4.69, 9.17) is 28.4 Å². The zero-order valence-electron chi connectivity index (χ0n) is 53.0. The van der Waals surface area contributed by atoms with Crippen molar-refractivity contribution in [3.05, 3.63) is 36.5 Å². The van der Waals surface area contributed by atoms with Crippen LogP contribution >= 0.6 is 0 Å². The molecule has 0 aromatic rings. The number of carbonyl (C=O) groups excluding carboxylic acids is 1. The number of hydrogen-bond acceptors (Lipinski definition) is 18. The Morgan fingerprint density at radius 3 is 1.20 bits per heavy atom. The number of unbranched alkanes of at least 4 members (excludes halogenated alkanes) is 30. The molecule has 19 heteroatoms. The molecule has 0 aromatic carbocycles. The highest BCUT2D eigenvalue weighted by atomic mass is 16.8. The second-order valence-corrected chi connectivity index (χ2v) is 24.6. The quantitative estimate of drug-likeness (QED) is 0.0201. The first-order valence-corrected chi connectivity index (χ1v) is 34.2. The van der Waals surface area contributed by atoms with Crippen LogP contribution in [0.5, 0.6) is 0 Å². The normalized spacial score (nSPS) is 29.0. The highest BCUT2D eigenvalue weighted by Crippen LogP contribution is 2.33. The van der Waals surface area contributed by atoms with E-state index in [1.54, 1.807) is 0 Å². The maximum absolute atomic E-state index is 13.3. The minimum absolute atomic E-state index is 0.244. The molecule has 3 rings (SSSR count). The summed E-state index contributed by atoms with van der Waals surface area (Å²) in [6.45, 7) is 1.74. The van der Waals surface area contributed by atoms with Gasteiger partial charge in [-0.2, -0.15) is 0 Å². The predicted octanol–water partition coefficient (Wildman–Crippen LogP) is 8.44. The van der Waals surface area contributed by atoms with Gasteiger partial charge in [0.2, 0.25) is 5.91 Å². The van der Waals surface area contributed by atoms with Gasteiger partial charge in [-0.05, 0) is 51.4 Å². The maximum atomic E-state index is 13.3. The van der Waals surface area contributed by atoms with Crippen molar-refractivity contribution in [2.45, 2.75) is 356 Å².